The number of allylic oxidation sites excluding steroid dienone is 2. The van der Waals surface area contributed by atoms with Crippen LogP contribution in [-0.4, -0.2) is 47.9 Å². The van der Waals surface area contributed by atoms with E-state index < -0.39 is 0 Å². The highest BCUT2D eigenvalue weighted by atomic mass is 19.1. The summed E-state index contributed by atoms with van der Waals surface area (Å²) in [7, 11) is 0. The van der Waals surface area contributed by atoms with Gasteiger partial charge in [-0.15, -0.1) is 0 Å². The Kier molecular flexibility index (Phi) is 6.37. The second-order valence-electron chi connectivity index (χ2n) is 8.25. The van der Waals surface area contributed by atoms with Crippen LogP contribution >= 0.6 is 0 Å². The van der Waals surface area contributed by atoms with Gasteiger partial charge in [-0.25, -0.2) is 9.38 Å². The molecule has 1 aromatic carbocycles. The van der Waals surface area contributed by atoms with E-state index >= 15 is 0 Å². The van der Waals surface area contributed by atoms with Gasteiger partial charge >= 0.3 is 0 Å². The SMILES string of the molecule is CCN(CC)CCNC(=O)c1c(C)[nH]c2c1CC/C2=C/CC1=c2cc(F)ccc2=NC1=O. The number of hydrogen-bond donors (Lipinski definition) is 2. The summed E-state index contributed by atoms with van der Waals surface area (Å²) in [4.78, 5) is 34.8. The van der Waals surface area contributed by atoms with E-state index in [4.69, 9.17) is 0 Å². The lowest BCUT2D eigenvalue weighted by Crippen LogP contribution is -2.35. The fourth-order valence-electron chi connectivity index (χ4n) is 4.61. The van der Waals surface area contributed by atoms with Crippen LogP contribution in [0.5, 0.6) is 0 Å². The van der Waals surface area contributed by atoms with Crippen molar-refractivity contribution in [3.05, 3.63) is 63.2 Å². The van der Waals surface area contributed by atoms with Gasteiger partial charge < -0.3 is 15.2 Å². The van der Waals surface area contributed by atoms with Gasteiger partial charge in [0.25, 0.3) is 11.8 Å². The molecule has 0 radical (unpaired) electrons. The Morgan fingerprint density at radius 1 is 1.28 bits per heavy atom. The van der Waals surface area contributed by atoms with Crippen molar-refractivity contribution in [2.45, 2.75) is 40.0 Å². The Morgan fingerprint density at radius 3 is 2.81 bits per heavy atom. The standard InChI is InChI=1S/C25H29FN4O2/c1-4-30(5-2)13-12-27-25(32)22-15(3)28-23-16(7-10-19(22)23)6-9-18-20-14-17(26)8-11-21(20)29-24(18)31/h6,8,11,14,28H,4-5,7,9-10,12-13H2,1-3H3,(H,27,32)/b16-6-. The van der Waals surface area contributed by atoms with E-state index in [-0.39, 0.29) is 17.6 Å². The third kappa shape index (κ3) is 4.17. The maximum atomic E-state index is 13.7. The van der Waals surface area contributed by atoms with Crippen molar-refractivity contribution < 1.29 is 14.0 Å². The Hall–Kier alpha value is -3.06. The number of fused-ring (bicyclic) bond motifs is 2. The van der Waals surface area contributed by atoms with E-state index in [1.165, 1.54) is 18.2 Å². The van der Waals surface area contributed by atoms with Crippen LogP contribution in [0.2, 0.25) is 0 Å². The minimum Gasteiger partial charge on any atom is -0.358 e. The van der Waals surface area contributed by atoms with Crippen LogP contribution in [-0.2, 0) is 11.2 Å². The average Bonchev–Trinajstić information content (AvgIpc) is 3.40. The topological polar surface area (TPSA) is 77.6 Å². The zero-order chi connectivity index (χ0) is 22.8. The molecule has 0 saturated carbocycles. The number of nitrogens with one attached hydrogen (secondary N) is 2. The third-order valence-corrected chi connectivity index (χ3v) is 6.41. The van der Waals surface area contributed by atoms with Crippen LogP contribution in [0.15, 0.2) is 29.3 Å². The Morgan fingerprint density at radius 2 is 2.06 bits per heavy atom. The van der Waals surface area contributed by atoms with Gasteiger partial charge in [0, 0.05) is 35.3 Å². The van der Waals surface area contributed by atoms with Crippen molar-refractivity contribution in [1.82, 2.24) is 15.2 Å². The van der Waals surface area contributed by atoms with Crippen LogP contribution in [0, 0.1) is 12.7 Å². The Balaban J connectivity index is 1.53. The van der Waals surface area contributed by atoms with Crippen molar-refractivity contribution in [3.8, 4) is 0 Å². The number of carbonyl (C=O) groups is 2. The summed E-state index contributed by atoms with van der Waals surface area (Å²) in [6, 6.07) is 4.23. The molecule has 32 heavy (non-hydrogen) atoms. The van der Waals surface area contributed by atoms with Gasteiger partial charge in [0.2, 0.25) is 0 Å². The van der Waals surface area contributed by atoms with Crippen molar-refractivity contribution in [3.63, 3.8) is 0 Å². The smallest absolute Gasteiger partial charge is 0.274 e. The highest BCUT2D eigenvalue weighted by molar-refractivity contribution is 6.15. The first kappa shape index (κ1) is 22.1. The fourth-order valence-corrected chi connectivity index (χ4v) is 4.61. The van der Waals surface area contributed by atoms with Gasteiger partial charge in [-0.1, -0.05) is 19.9 Å². The Bertz CT molecular complexity index is 1220. The monoisotopic (exact) mass is 436 g/mol. The first-order chi connectivity index (χ1) is 15.4. The van der Waals surface area contributed by atoms with Crippen LogP contribution in [0.3, 0.4) is 0 Å². The molecule has 168 valence electrons. The lowest BCUT2D eigenvalue weighted by Gasteiger charge is -2.18. The molecule has 4 rings (SSSR count). The number of rotatable bonds is 8. The molecule has 2 aromatic rings. The van der Waals surface area contributed by atoms with E-state index in [1.807, 2.05) is 13.0 Å². The third-order valence-electron chi connectivity index (χ3n) is 6.41. The van der Waals surface area contributed by atoms with Crippen molar-refractivity contribution in [2.24, 2.45) is 4.99 Å². The van der Waals surface area contributed by atoms with Crippen molar-refractivity contribution >= 4 is 23.0 Å². The number of halogens is 1. The molecule has 1 aliphatic heterocycles. The number of H-pyrrole nitrogens is 1. The molecule has 2 aliphatic rings. The van der Waals surface area contributed by atoms with Gasteiger partial charge in [0.15, 0.2) is 0 Å². The number of amides is 2. The van der Waals surface area contributed by atoms with Gasteiger partial charge in [-0.2, -0.15) is 0 Å². The first-order valence-electron chi connectivity index (χ1n) is 11.3. The molecule has 1 aromatic heterocycles. The van der Waals surface area contributed by atoms with Gasteiger partial charge in [-0.05, 0) is 68.6 Å². The van der Waals surface area contributed by atoms with E-state index in [2.05, 4.69) is 34.0 Å². The minimum absolute atomic E-state index is 0.0445. The number of carbonyl (C=O) groups excluding carboxylic acids is 2. The van der Waals surface area contributed by atoms with E-state index in [9.17, 15) is 14.0 Å². The summed E-state index contributed by atoms with van der Waals surface area (Å²) >= 11 is 0. The highest BCUT2D eigenvalue weighted by Crippen LogP contribution is 2.36. The summed E-state index contributed by atoms with van der Waals surface area (Å²) in [5, 5.41) is 4.15. The fraction of sp³-hybridized carbons (Fsp3) is 0.400. The molecule has 0 atom stereocenters. The summed E-state index contributed by atoms with van der Waals surface area (Å²) < 4.78 is 13.7. The van der Waals surface area contributed by atoms with Crippen LogP contribution in [0.25, 0.3) is 11.1 Å². The summed E-state index contributed by atoms with van der Waals surface area (Å²) in [6.07, 6.45) is 3.97. The number of benzene rings is 1. The number of hydrogen-bond acceptors (Lipinski definition) is 3. The first-order valence-corrected chi connectivity index (χ1v) is 11.3. The van der Waals surface area contributed by atoms with Gasteiger partial charge in [-0.3, -0.25) is 9.59 Å². The predicted molar refractivity (Wildman–Crippen MR) is 122 cm³/mol. The molecular weight excluding hydrogens is 407 g/mol. The largest absolute Gasteiger partial charge is 0.358 e. The molecule has 7 heteroatoms. The second kappa shape index (κ2) is 9.20. The number of aromatic amines is 1. The van der Waals surface area contributed by atoms with Crippen molar-refractivity contribution in [1.29, 1.82) is 0 Å². The number of nitrogens with zero attached hydrogens (tertiary/aromatic N) is 2. The maximum absolute atomic E-state index is 13.7. The van der Waals surface area contributed by atoms with Crippen LogP contribution in [0.1, 0.15) is 54.0 Å². The number of likely N-dealkylation sites (N-methyl/N-ethyl adjacent to an activating group) is 1. The minimum atomic E-state index is -0.376. The molecular formula is C25H29FN4O2. The molecule has 2 N–H and O–H groups in total. The molecule has 0 bridgehead atoms. The molecule has 0 unspecified atom stereocenters. The predicted octanol–water partition coefficient (Wildman–Crippen LogP) is 2.26. The normalized spacial score (nSPS) is 16.0. The maximum Gasteiger partial charge on any atom is 0.274 e. The molecule has 2 heterocycles. The Labute approximate surface area is 186 Å². The second-order valence-corrected chi connectivity index (χ2v) is 8.25. The molecule has 0 saturated heterocycles. The van der Waals surface area contributed by atoms with Crippen LogP contribution in [0.4, 0.5) is 4.39 Å². The molecule has 0 fully saturated rings. The zero-order valence-corrected chi connectivity index (χ0v) is 18.8. The summed E-state index contributed by atoms with van der Waals surface area (Å²) in [5.41, 5.74) is 5.18. The van der Waals surface area contributed by atoms with Gasteiger partial charge in [0.05, 0.1) is 10.9 Å². The summed E-state index contributed by atoms with van der Waals surface area (Å²) in [5.74, 6) is -0.729. The summed E-state index contributed by atoms with van der Waals surface area (Å²) in [6.45, 7) is 9.52. The molecule has 0 spiro atoms. The number of aromatic nitrogens is 1. The average molecular weight is 437 g/mol. The van der Waals surface area contributed by atoms with E-state index in [0.29, 0.717) is 29.1 Å². The molecule has 6 nitrogen and oxygen atoms in total. The van der Waals surface area contributed by atoms with E-state index in [0.717, 1.165) is 60.6 Å². The highest BCUT2D eigenvalue weighted by Gasteiger charge is 2.27. The zero-order valence-electron chi connectivity index (χ0n) is 18.8. The van der Waals surface area contributed by atoms with Crippen LogP contribution < -0.4 is 15.9 Å². The van der Waals surface area contributed by atoms with E-state index in [1.54, 1.807) is 0 Å². The molecule has 2 amide bonds. The molecule has 1 aliphatic carbocycles. The van der Waals surface area contributed by atoms with Gasteiger partial charge in [0.1, 0.15) is 5.82 Å². The number of aryl methyl sites for hydroxylation is 1. The quantitative estimate of drug-likeness (QED) is 0.667. The van der Waals surface area contributed by atoms with Crippen molar-refractivity contribution in [2.75, 3.05) is 26.2 Å². The lowest BCUT2D eigenvalue weighted by atomic mass is 10.1. The lowest BCUT2D eigenvalue weighted by molar-refractivity contribution is -0.112.